The van der Waals surface area contributed by atoms with Gasteiger partial charge in [0, 0.05) is 6.54 Å². The number of nitrogens with one attached hydrogen (secondary N) is 1. The molecule has 0 saturated carbocycles. The standard InChI is InChI=1S/C15H22N2O2S/c1-2-3-4-5-6-7-11-17-20(18,19)15-10-8-9-14(12-15)13-16/h8-10,12,17H,2-7,11H2,1H3. The zero-order valence-electron chi connectivity index (χ0n) is 11.9. The number of nitriles is 1. The van der Waals surface area contributed by atoms with Gasteiger partial charge in [0.05, 0.1) is 16.5 Å². The SMILES string of the molecule is CCCCCCCCNS(=O)(=O)c1cccc(C#N)c1. The smallest absolute Gasteiger partial charge is 0.211 e. The Hall–Kier alpha value is -1.38. The summed E-state index contributed by atoms with van der Waals surface area (Å²) in [5, 5.41) is 8.78. The summed E-state index contributed by atoms with van der Waals surface area (Å²) < 4.78 is 26.6. The second kappa shape index (κ2) is 8.72. The molecule has 1 aromatic carbocycles. The van der Waals surface area contributed by atoms with Gasteiger partial charge in [-0.05, 0) is 24.6 Å². The van der Waals surface area contributed by atoms with Crippen molar-refractivity contribution >= 4 is 10.0 Å². The Kier molecular flexibility index (Phi) is 7.27. The van der Waals surface area contributed by atoms with Gasteiger partial charge >= 0.3 is 0 Å². The monoisotopic (exact) mass is 294 g/mol. The lowest BCUT2D eigenvalue weighted by Gasteiger charge is -2.07. The van der Waals surface area contributed by atoms with Crippen molar-refractivity contribution < 1.29 is 8.42 Å². The lowest BCUT2D eigenvalue weighted by Crippen LogP contribution is -2.24. The van der Waals surface area contributed by atoms with Crippen LogP contribution in [0.4, 0.5) is 0 Å². The van der Waals surface area contributed by atoms with Gasteiger partial charge in [0.2, 0.25) is 10.0 Å². The minimum Gasteiger partial charge on any atom is -0.211 e. The van der Waals surface area contributed by atoms with Gasteiger partial charge in [0.15, 0.2) is 0 Å². The van der Waals surface area contributed by atoms with Crippen molar-refractivity contribution in [1.82, 2.24) is 4.72 Å². The third-order valence-corrected chi connectivity index (χ3v) is 4.55. The average Bonchev–Trinajstić information content (AvgIpc) is 2.46. The van der Waals surface area contributed by atoms with E-state index in [0.717, 1.165) is 19.3 Å². The Balaban J connectivity index is 2.40. The minimum absolute atomic E-state index is 0.155. The van der Waals surface area contributed by atoms with Crippen LogP contribution in [-0.2, 0) is 10.0 Å². The van der Waals surface area contributed by atoms with E-state index in [0.29, 0.717) is 12.1 Å². The largest absolute Gasteiger partial charge is 0.240 e. The van der Waals surface area contributed by atoms with Crippen molar-refractivity contribution in [2.45, 2.75) is 50.3 Å². The summed E-state index contributed by atoms with van der Waals surface area (Å²) >= 11 is 0. The fourth-order valence-electron chi connectivity index (χ4n) is 1.93. The fourth-order valence-corrected chi connectivity index (χ4v) is 3.05. The van der Waals surface area contributed by atoms with Gasteiger partial charge in [-0.15, -0.1) is 0 Å². The van der Waals surface area contributed by atoms with Crippen molar-refractivity contribution in [1.29, 1.82) is 5.26 Å². The van der Waals surface area contributed by atoms with Crippen LogP contribution in [0.25, 0.3) is 0 Å². The summed E-state index contributed by atoms with van der Waals surface area (Å²) in [5.74, 6) is 0. The first kappa shape index (κ1) is 16.7. The van der Waals surface area contributed by atoms with Gasteiger partial charge < -0.3 is 0 Å². The summed E-state index contributed by atoms with van der Waals surface area (Å²) in [6, 6.07) is 8.01. The number of sulfonamides is 1. The quantitative estimate of drug-likeness (QED) is 0.711. The molecule has 1 aromatic rings. The van der Waals surface area contributed by atoms with Crippen LogP contribution in [0, 0.1) is 11.3 Å². The van der Waals surface area contributed by atoms with Crippen molar-refractivity contribution in [3.05, 3.63) is 29.8 Å². The van der Waals surface area contributed by atoms with Crippen LogP contribution in [0.2, 0.25) is 0 Å². The van der Waals surface area contributed by atoms with E-state index < -0.39 is 10.0 Å². The zero-order valence-corrected chi connectivity index (χ0v) is 12.7. The van der Waals surface area contributed by atoms with Crippen LogP contribution in [-0.4, -0.2) is 15.0 Å². The Bertz CT molecular complexity index is 547. The van der Waals surface area contributed by atoms with Crippen molar-refractivity contribution in [2.75, 3.05) is 6.54 Å². The maximum atomic E-state index is 12.0. The highest BCUT2D eigenvalue weighted by atomic mass is 32.2. The Morgan fingerprint density at radius 1 is 1.15 bits per heavy atom. The molecule has 0 fully saturated rings. The van der Waals surface area contributed by atoms with E-state index in [1.54, 1.807) is 12.1 Å². The molecule has 4 nitrogen and oxygen atoms in total. The summed E-state index contributed by atoms with van der Waals surface area (Å²) in [6.45, 7) is 2.62. The predicted molar refractivity (Wildman–Crippen MR) is 79.7 cm³/mol. The molecule has 0 aromatic heterocycles. The highest BCUT2D eigenvalue weighted by Crippen LogP contribution is 2.11. The van der Waals surface area contributed by atoms with Gasteiger partial charge in [-0.2, -0.15) is 5.26 Å². The van der Waals surface area contributed by atoms with Crippen LogP contribution in [0.5, 0.6) is 0 Å². The van der Waals surface area contributed by atoms with Crippen molar-refractivity contribution in [2.24, 2.45) is 0 Å². The first-order valence-electron chi connectivity index (χ1n) is 7.10. The van der Waals surface area contributed by atoms with E-state index in [1.807, 2.05) is 6.07 Å². The minimum atomic E-state index is -3.49. The highest BCUT2D eigenvalue weighted by Gasteiger charge is 2.13. The summed E-state index contributed by atoms with van der Waals surface area (Å²) in [7, 11) is -3.49. The summed E-state index contributed by atoms with van der Waals surface area (Å²) in [5.41, 5.74) is 0.354. The molecular formula is C15H22N2O2S. The van der Waals surface area contributed by atoms with Crippen LogP contribution >= 0.6 is 0 Å². The summed E-state index contributed by atoms with van der Waals surface area (Å²) in [4.78, 5) is 0.155. The number of nitrogens with zero attached hydrogens (tertiary/aromatic N) is 1. The number of benzene rings is 1. The van der Waals surface area contributed by atoms with Crippen LogP contribution in [0.1, 0.15) is 51.0 Å². The van der Waals surface area contributed by atoms with Gasteiger partial charge in [-0.3, -0.25) is 0 Å². The van der Waals surface area contributed by atoms with Crippen LogP contribution in [0.15, 0.2) is 29.2 Å². The van der Waals surface area contributed by atoms with E-state index >= 15 is 0 Å². The molecule has 0 aliphatic heterocycles. The molecule has 0 unspecified atom stereocenters. The van der Waals surface area contributed by atoms with Crippen molar-refractivity contribution in [3.8, 4) is 6.07 Å². The molecule has 0 aliphatic rings. The molecule has 0 bridgehead atoms. The fraction of sp³-hybridized carbons (Fsp3) is 0.533. The Morgan fingerprint density at radius 3 is 2.55 bits per heavy atom. The maximum absolute atomic E-state index is 12.0. The Morgan fingerprint density at radius 2 is 1.85 bits per heavy atom. The molecule has 110 valence electrons. The topological polar surface area (TPSA) is 70.0 Å². The number of hydrogen-bond donors (Lipinski definition) is 1. The molecule has 5 heteroatoms. The second-order valence-corrected chi connectivity index (χ2v) is 6.57. The number of rotatable bonds is 9. The molecule has 1 rings (SSSR count). The highest BCUT2D eigenvalue weighted by molar-refractivity contribution is 7.89. The molecular weight excluding hydrogens is 272 g/mol. The van der Waals surface area contributed by atoms with E-state index in [1.165, 1.54) is 31.4 Å². The Labute approximate surface area is 121 Å². The van der Waals surface area contributed by atoms with Gasteiger partial charge in [0.1, 0.15) is 0 Å². The molecule has 0 atom stereocenters. The molecule has 1 N–H and O–H groups in total. The number of unbranched alkanes of at least 4 members (excludes halogenated alkanes) is 5. The van der Waals surface area contributed by atoms with Gasteiger partial charge in [-0.1, -0.05) is 45.1 Å². The predicted octanol–water partition coefficient (Wildman–Crippen LogP) is 3.20. The molecule has 20 heavy (non-hydrogen) atoms. The maximum Gasteiger partial charge on any atom is 0.240 e. The van der Waals surface area contributed by atoms with Crippen LogP contribution in [0.3, 0.4) is 0 Å². The molecule has 0 spiro atoms. The molecule has 0 radical (unpaired) electrons. The lowest BCUT2D eigenvalue weighted by atomic mass is 10.1. The van der Waals surface area contributed by atoms with Crippen molar-refractivity contribution in [3.63, 3.8) is 0 Å². The first-order valence-corrected chi connectivity index (χ1v) is 8.58. The molecule has 0 saturated heterocycles. The third kappa shape index (κ3) is 5.72. The van der Waals surface area contributed by atoms with Gasteiger partial charge in [0.25, 0.3) is 0 Å². The molecule has 0 amide bonds. The van der Waals surface area contributed by atoms with E-state index in [4.69, 9.17) is 5.26 Å². The average molecular weight is 294 g/mol. The summed E-state index contributed by atoms with van der Waals surface area (Å²) in [6.07, 6.45) is 6.71. The van der Waals surface area contributed by atoms with E-state index in [-0.39, 0.29) is 4.90 Å². The van der Waals surface area contributed by atoms with Gasteiger partial charge in [-0.25, -0.2) is 13.1 Å². The lowest BCUT2D eigenvalue weighted by molar-refractivity contribution is 0.567. The first-order chi connectivity index (χ1) is 9.60. The van der Waals surface area contributed by atoms with E-state index in [9.17, 15) is 8.42 Å². The van der Waals surface area contributed by atoms with E-state index in [2.05, 4.69) is 11.6 Å². The number of hydrogen-bond acceptors (Lipinski definition) is 3. The third-order valence-electron chi connectivity index (χ3n) is 3.10. The molecule has 0 heterocycles. The normalized spacial score (nSPS) is 11.2. The zero-order chi connectivity index (χ0) is 14.8. The van der Waals surface area contributed by atoms with Crippen LogP contribution < -0.4 is 4.72 Å². The second-order valence-electron chi connectivity index (χ2n) is 4.81. The molecule has 0 aliphatic carbocycles.